The minimum absolute atomic E-state index is 0.0537. The van der Waals surface area contributed by atoms with Gasteiger partial charge in [0.15, 0.2) is 5.60 Å². The monoisotopic (exact) mass is 271 g/mol. The first-order valence-electron chi connectivity index (χ1n) is 6.37. The van der Waals surface area contributed by atoms with Crippen molar-refractivity contribution in [3.8, 4) is 0 Å². The fourth-order valence-electron chi connectivity index (χ4n) is 2.17. The molecule has 0 aliphatic heterocycles. The molecule has 4 N–H and O–H groups in total. The molecule has 1 unspecified atom stereocenters. The average Bonchev–Trinajstić information content (AvgIpc) is 2.48. The van der Waals surface area contributed by atoms with Crippen molar-refractivity contribution in [1.82, 2.24) is 0 Å². The van der Waals surface area contributed by atoms with Crippen LogP contribution in [0.3, 0.4) is 0 Å². The molecule has 2 rings (SSSR count). The second kappa shape index (κ2) is 5.86. The summed E-state index contributed by atoms with van der Waals surface area (Å²) < 4.78 is 0. The number of primary amides is 1. The Balaban J connectivity index is 2.46. The van der Waals surface area contributed by atoms with Crippen LogP contribution in [0.15, 0.2) is 54.6 Å². The summed E-state index contributed by atoms with van der Waals surface area (Å²) in [7, 11) is 0. The van der Waals surface area contributed by atoms with E-state index in [0.29, 0.717) is 17.5 Å². The van der Waals surface area contributed by atoms with E-state index in [1.165, 1.54) is 0 Å². The summed E-state index contributed by atoms with van der Waals surface area (Å²) in [6, 6.07) is 15.4. The second-order valence-corrected chi connectivity index (χ2v) is 4.61. The third-order valence-electron chi connectivity index (χ3n) is 3.32. The maximum absolute atomic E-state index is 11.8. The summed E-state index contributed by atoms with van der Waals surface area (Å²) in [5.74, 6) is -0.821. The lowest BCUT2D eigenvalue weighted by Crippen LogP contribution is -2.42. The molecule has 0 aliphatic carbocycles. The van der Waals surface area contributed by atoms with Crippen LogP contribution in [0, 0.1) is 0 Å². The predicted octanol–water partition coefficient (Wildman–Crippen LogP) is 0.943. The third-order valence-corrected chi connectivity index (χ3v) is 3.32. The van der Waals surface area contributed by atoms with Gasteiger partial charge in [0.25, 0.3) is 5.91 Å². The maximum atomic E-state index is 11.8. The highest BCUT2D eigenvalue weighted by Crippen LogP contribution is 2.29. The van der Waals surface area contributed by atoms with Gasteiger partial charge >= 0.3 is 0 Å². The summed E-state index contributed by atoms with van der Waals surface area (Å²) in [5, 5.41) is 19.6. The largest absolute Gasteiger partial charge is 0.396 e. The number of carbonyl (C=O) groups excluding carboxylic acids is 1. The fourth-order valence-corrected chi connectivity index (χ4v) is 2.17. The molecule has 0 radical (unpaired) electrons. The number of amides is 1. The minimum Gasteiger partial charge on any atom is -0.396 e. The van der Waals surface area contributed by atoms with E-state index in [1.54, 1.807) is 54.6 Å². The molecule has 0 bridgehead atoms. The molecule has 0 saturated heterocycles. The summed E-state index contributed by atoms with van der Waals surface area (Å²) in [6.07, 6.45) is 0.528. The molecule has 104 valence electrons. The SMILES string of the molecule is NC(=O)C(O)(c1ccccc1)c1ccc(CCO)cc1. The molecule has 2 aromatic carbocycles. The van der Waals surface area contributed by atoms with Crippen molar-refractivity contribution in [1.29, 1.82) is 0 Å². The van der Waals surface area contributed by atoms with Crippen molar-refractivity contribution >= 4 is 5.91 Å². The van der Waals surface area contributed by atoms with Crippen molar-refractivity contribution in [2.24, 2.45) is 5.73 Å². The quantitative estimate of drug-likeness (QED) is 0.757. The van der Waals surface area contributed by atoms with Gasteiger partial charge in [0.05, 0.1) is 0 Å². The van der Waals surface area contributed by atoms with E-state index in [0.717, 1.165) is 5.56 Å². The van der Waals surface area contributed by atoms with Gasteiger partial charge in [0, 0.05) is 6.61 Å². The van der Waals surface area contributed by atoms with Gasteiger partial charge in [-0.2, -0.15) is 0 Å². The molecular weight excluding hydrogens is 254 g/mol. The zero-order valence-electron chi connectivity index (χ0n) is 11.0. The Hall–Kier alpha value is -2.17. The van der Waals surface area contributed by atoms with Crippen LogP contribution in [-0.2, 0) is 16.8 Å². The van der Waals surface area contributed by atoms with Crippen molar-refractivity contribution in [2.75, 3.05) is 6.61 Å². The number of carbonyl (C=O) groups is 1. The first kappa shape index (κ1) is 14.2. The maximum Gasteiger partial charge on any atom is 0.258 e. The molecule has 0 heterocycles. The van der Waals surface area contributed by atoms with Gasteiger partial charge in [-0.15, -0.1) is 0 Å². The van der Waals surface area contributed by atoms with Crippen LogP contribution in [0.4, 0.5) is 0 Å². The highest BCUT2D eigenvalue weighted by molar-refractivity contribution is 5.88. The molecular formula is C16H17NO3. The average molecular weight is 271 g/mol. The standard InChI is InChI=1S/C16H17NO3/c17-15(19)16(20,13-4-2-1-3-5-13)14-8-6-12(7-9-14)10-11-18/h1-9,18,20H,10-11H2,(H2,17,19). The number of benzene rings is 2. The Morgan fingerprint density at radius 1 is 1.00 bits per heavy atom. The molecule has 0 spiro atoms. The third kappa shape index (κ3) is 2.57. The van der Waals surface area contributed by atoms with E-state index in [-0.39, 0.29) is 6.61 Å². The normalized spacial score (nSPS) is 13.7. The second-order valence-electron chi connectivity index (χ2n) is 4.61. The zero-order chi connectivity index (χ0) is 14.6. The molecule has 0 fully saturated rings. The van der Waals surface area contributed by atoms with E-state index in [2.05, 4.69) is 0 Å². The minimum atomic E-state index is -1.85. The summed E-state index contributed by atoms with van der Waals surface area (Å²) in [5.41, 5.74) is 5.33. The van der Waals surface area contributed by atoms with Gasteiger partial charge in [0.1, 0.15) is 0 Å². The number of aliphatic hydroxyl groups excluding tert-OH is 1. The van der Waals surface area contributed by atoms with E-state index in [1.807, 2.05) is 0 Å². The lowest BCUT2D eigenvalue weighted by Gasteiger charge is -2.25. The van der Waals surface area contributed by atoms with Gasteiger partial charge in [0.2, 0.25) is 0 Å². The Morgan fingerprint density at radius 2 is 1.55 bits per heavy atom. The van der Waals surface area contributed by atoms with Crippen molar-refractivity contribution in [3.05, 3.63) is 71.3 Å². The predicted molar refractivity (Wildman–Crippen MR) is 75.9 cm³/mol. The Bertz CT molecular complexity index is 580. The van der Waals surface area contributed by atoms with Gasteiger partial charge < -0.3 is 15.9 Å². The molecule has 1 amide bonds. The van der Waals surface area contributed by atoms with Crippen molar-refractivity contribution in [2.45, 2.75) is 12.0 Å². The Labute approximate surface area is 117 Å². The number of rotatable bonds is 5. The van der Waals surface area contributed by atoms with Crippen LogP contribution < -0.4 is 5.73 Å². The molecule has 0 saturated carbocycles. The fraction of sp³-hybridized carbons (Fsp3) is 0.188. The molecule has 4 heteroatoms. The summed E-state index contributed by atoms with van der Waals surface area (Å²) in [6.45, 7) is 0.0537. The number of nitrogens with two attached hydrogens (primary N) is 1. The highest BCUT2D eigenvalue weighted by Gasteiger charge is 2.37. The van der Waals surface area contributed by atoms with Crippen LogP contribution in [0.5, 0.6) is 0 Å². The lowest BCUT2D eigenvalue weighted by molar-refractivity contribution is -0.133. The van der Waals surface area contributed by atoms with Gasteiger partial charge in [-0.05, 0) is 23.1 Å². The van der Waals surface area contributed by atoms with Crippen molar-refractivity contribution < 1.29 is 15.0 Å². The highest BCUT2D eigenvalue weighted by atomic mass is 16.3. The zero-order valence-corrected chi connectivity index (χ0v) is 11.0. The van der Waals surface area contributed by atoms with Gasteiger partial charge in [-0.3, -0.25) is 4.79 Å². The first-order chi connectivity index (χ1) is 9.59. The van der Waals surface area contributed by atoms with E-state index in [9.17, 15) is 9.90 Å². The van der Waals surface area contributed by atoms with E-state index in [4.69, 9.17) is 10.8 Å². The molecule has 2 aromatic rings. The molecule has 4 nitrogen and oxygen atoms in total. The van der Waals surface area contributed by atoms with Crippen molar-refractivity contribution in [3.63, 3.8) is 0 Å². The lowest BCUT2D eigenvalue weighted by atomic mass is 9.85. The molecule has 1 atom stereocenters. The smallest absolute Gasteiger partial charge is 0.258 e. The first-order valence-corrected chi connectivity index (χ1v) is 6.37. The molecule has 0 aliphatic rings. The van der Waals surface area contributed by atoms with Gasteiger partial charge in [-0.25, -0.2) is 0 Å². The Morgan fingerprint density at radius 3 is 2.05 bits per heavy atom. The Kier molecular flexibility index (Phi) is 4.17. The van der Waals surface area contributed by atoms with Crippen LogP contribution in [-0.4, -0.2) is 22.7 Å². The summed E-state index contributed by atoms with van der Waals surface area (Å²) >= 11 is 0. The van der Waals surface area contributed by atoms with Gasteiger partial charge in [-0.1, -0.05) is 54.6 Å². The van der Waals surface area contributed by atoms with Crippen LogP contribution in [0.1, 0.15) is 16.7 Å². The van der Waals surface area contributed by atoms with E-state index >= 15 is 0 Å². The van der Waals surface area contributed by atoms with Crippen LogP contribution >= 0.6 is 0 Å². The number of hydrogen-bond donors (Lipinski definition) is 3. The molecule has 20 heavy (non-hydrogen) atoms. The number of aliphatic hydroxyl groups is 2. The topological polar surface area (TPSA) is 83.6 Å². The number of hydrogen-bond acceptors (Lipinski definition) is 3. The van der Waals surface area contributed by atoms with Crippen LogP contribution in [0.2, 0.25) is 0 Å². The molecule has 0 aromatic heterocycles. The van der Waals surface area contributed by atoms with Crippen LogP contribution in [0.25, 0.3) is 0 Å². The summed E-state index contributed by atoms with van der Waals surface area (Å²) in [4.78, 5) is 11.8. The van der Waals surface area contributed by atoms with E-state index < -0.39 is 11.5 Å².